The molecule has 0 aliphatic heterocycles. The summed E-state index contributed by atoms with van der Waals surface area (Å²) in [6.45, 7) is 4.05. The molecule has 0 radical (unpaired) electrons. The molecule has 0 spiro atoms. The lowest BCUT2D eigenvalue weighted by atomic mass is 10.0. The van der Waals surface area contributed by atoms with E-state index < -0.39 is 6.10 Å². The number of aliphatic hydroxyl groups is 1. The largest absolute Gasteiger partial charge is 0.462 e. The lowest BCUT2D eigenvalue weighted by Gasteiger charge is -2.15. The molecular formula is C73H128O5. The minimum absolute atomic E-state index is 0.0658. The molecule has 0 aliphatic rings. The second kappa shape index (κ2) is 68.1. The highest BCUT2D eigenvalue weighted by Gasteiger charge is 2.16. The molecule has 78 heavy (non-hydrogen) atoms. The third-order valence-corrected chi connectivity index (χ3v) is 14.9. The van der Waals surface area contributed by atoms with Crippen molar-refractivity contribution in [1.82, 2.24) is 0 Å². The highest BCUT2D eigenvalue weighted by molar-refractivity contribution is 5.70. The van der Waals surface area contributed by atoms with E-state index >= 15 is 0 Å². The van der Waals surface area contributed by atoms with Gasteiger partial charge >= 0.3 is 11.9 Å². The molecule has 5 nitrogen and oxygen atoms in total. The smallest absolute Gasteiger partial charge is 0.306 e. The Labute approximate surface area is 485 Å². The summed E-state index contributed by atoms with van der Waals surface area (Å²) in [5.41, 5.74) is 0. The number of ether oxygens (including phenoxy) is 2. The molecule has 0 saturated carbocycles. The van der Waals surface area contributed by atoms with Crippen LogP contribution in [0, 0.1) is 0 Å². The third kappa shape index (κ3) is 65.3. The summed E-state index contributed by atoms with van der Waals surface area (Å²) in [6.07, 6.45) is 97.1. The zero-order chi connectivity index (χ0) is 56.2. The van der Waals surface area contributed by atoms with Crippen LogP contribution in [0.4, 0.5) is 0 Å². The fourth-order valence-corrected chi connectivity index (χ4v) is 9.83. The Bertz CT molecular complexity index is 1460. The van der Waals surface area contributed by atoms with Crippen LogP contribution in [0.15, 0.2) is 97.2 Å². The van der Waals surface area contributed by atoms with Crippen LogP contribution in [0.1, 0.15) is 335 Å². The number of allylic oxidation sites excluding steroid dienone is 16. The monoisotopic (exact) mass is 1080 g/mol. The molecule has 450 valence electrons. The highest BCUT2D eigenvalue weighted by Crippen LogP contribution is 2.18. The number of carbonyl (C=O) groups excluding carboxylic acids is 2. The van der Waals surface area contributed by atoms with Gasteiger partial charge in [0.25, 0.3) is 0 Å². The van der Waals surface area contributed by atoms with Crippen molar-refractivity contribution in [3.63, 3.8) is 0 Å². The van der Waals surface area contributed by atoms with Crippen LogP contribution in [0.3, 0.4) is 0 Å². The average Bonchev–Trinajstić information content (AvgIpc) is 3.44. The van der Waals surface area contributed by atoms with E-state index in [0.29, 0.717) is 12.8 Å². The zero-order valence-corrected chi connectivity index (χ0v) is 51.7. The van der Waals surface area contributed by atoms with Gasteiger partial charge in [0.1, 0.15) is 6.61 Å². The summed E-state index contributed by atoms with van der Waals surface area (Å²) < 4.78 is 10.8. The summed E-state index contributed by atoms with van der Waals surface area (Å²) in [6, 6.07) is 0. The van der Waals surface area contributed by atoms with Gasteiger partial charge in [-0.25, -0.2) is 0 Å². The summed E-state index contributed by atoms with van der Waals surface area (Å²) in [5.74, 6) is -0.579. The molecule has 0 aromatic carbocycles. The van der Waals surface area contributed by atoms with E-state index in [1.54, 1.807) is 0 Å². The van der Waals surface area contributed by atoms with Gasteiger partial charge in [0.15, 0.2) is 6.10 Å². The van der Waals surface area contributed by atoms with Gasteiger partial charge in [-0.1, -0.05) is 323 Å². The standard InChI is InChI=1S/C73H128O5/c1-3-5-7-9-11-13-15-17-19-21-23-25-27-29-31-33-34-35-36-37-38-40-42-44-46-48-50-52-54-56-58-60-62-64-66-68-73(76)78-71(69-74)70-77-72(75)67-65-63-61-59-57-55-53-51-49-47-45-43-41-39-32-30-28-26-24-22-20-18-16-14-12-10-8-6-4-2/h5,7,11,13,16-19,22-25,28-31,71,74H,3-4,6,8-10,12,14-15,20-21,26-27,32-70H2,1-2H3/b7-5-,13-11-,18-16-,19-17-,24-22-,25-23-,30-28-,31-29-. The zero-order valence-electron chi connectivity index (χ0n) is 51.7. The van der Waals surface area contributed by atoms with Crippen molar-refractivity contribution in [2.24, 2.45) is 0 Å². The first-order chi connectivity index (χ1) is 38.6. The molecule has 5 heteroatoms. The lowest BCUT2D eigenvalue weighted by molar-refractivity contribution is -0.161. The predicted molar refractivity (Wildman–Crippen MR) is 343 cm³/mol. The van der Waals surface area contributed by atoms with Crippen molar-refractivity contribution < 1.29 is 24.2 Å². The first-order valence-corrected chi connectivity index (χ1v) is 33.8. The second-order valence-electron chi connectivity index (χ2n) is 22.5. The highest BCUT2D eigenvalue weighted by atomic mass is 16.6. The molecular weight excluding hydrogens is 957 g/mol. The summed E-state index contributed by atoms with van der Waals surface area (Å²) in [4.78, 5) is 24.6. The normalized spacial score (nSPS) is 12.8. The molecule has 0 aromatic rings. The summed E-state index contributed by atoms with van der Waals surface area (Å²) in [5, 5.41) is 9.70. The number of hydrogen-bond acceptors (Lipinski definition) is 5. The van der Waals surface area contributed by atoms with E-state index in [1.165, 1.54) is 225 Å². The molecule has 1 atom stereocenters. The molecule has 0 bridgehead atoms. The average molecular weight is 1090 g/mol. The van der Waals surface area contributed by atoms with E-state index in [9.17, 15) is 14.7 Å². The molecule has 0 saturated heterocycles. The molecule has 1 N–H and O–H groups in total. The number of rotatable bonds is 62. The molecule has 0 amide bonds. The van der Waals surface area contributed by atoms with Gasteiger partial charge in [-0.05, 0) is 96.3 Å². The number of carbonyl (C=O) groups is 2. The SMILES string of the molecule is CC/C=C\C/C=C\C/C=C\C/C=C\C/C=C\CCCCCCCCCCCCCCCCCCCCCC(=O)OC(CO)COC(=O)CCCCCCCCCCCCCCCC/C=C\C/C=C\C/C=C\CCCCCCC. The van der Waals surface area contributed by atoms with Gasteiger partial charge in [0.05, 0.1) is 6.61 Å². The van der Waals surface area contributed by atoms with E-state index in [-0.39, 0.29) is 25.2 Å². The van der Waals surface area contributed by atoms with Gasteiger partial charge in [-0.15, -0.1) is 0 Å². The van der Waals surface area contributed by atoms with E-state index in [2.05, 4.69) is 111 Å². The molecule has 0 aromatic heterocycles. The molecule has 0 rings (SSSR count). The van der Waals surface area contributed by atoms with Crippen LogP contribution in [0.5, 0.6) is 0 Å². The van der Waals surface area contributed by atoms with Gasteiger partial charge in [-0.2, -0.15) is 0 Å². The van der Waals surface area contributed by atoms with Crippen molar-refractivity contribution in [1.29, 1.82) is 0 Å². The van der Waals surface area contributed by atoms with Crippen LogP contribution >= 0.6 is 0 Å². The Morgan fingerprint density at radius 2 is 0.551 bits per heavy atom. The fraction of sp³-hybridized carbons (Fsp3) is 0.753. The first-order valence-electron chi connectivity index (χ1n) is 33.8. The van der Waals surface area contributed by atoms with E-state index in [4.69, 9.17) is 9.47 Å². The minimum Gasteiger partial charge on any atom is -0.462 e. The van der Waals surface area contributed by atoms with Crippen molar-refractivity contribution in [3.8, 4) is 0 Å². The minimum atomic E-state index is -0.776. The van der Waals surface area contributed by atoms with E-state index in [0.717, 1.165) is 83.5 Å². The molecule has 0 aliphatic carbocycles. The van der Waals surface area contributed by atoms with Crippen LogP contribution in [-0.4, -0.2) is 36.4 Å². The fourth-order valence-electron chi connectivity index (χ4n) is 9.83. The van der Waals surface area contributed by atoms with Crippen LogP contribution in [0.25, 0.3) is 0 Å². The van der Waals surface area contributed by atoms with Gasteiger partial charge < -0.3 is 14.6 Å². The molecule has 0 heterocycles. The van der Waals surface area contributed by atoms with Crippen molar-refractivity contribution in [2.75, 3.05) is 13.2 Å². The number of aliphatic hydroxyl groups excluding tert-OH is 1. The van der Waals surface area contributed by atoms with Crippen molar-refractivity contribution in [2.45, 2.75) is 341 Å². The number of unbranched alkanes of at least 4 members (excludes halogenated alkanes) is 38. The van der Waals surface area contributed by atoms with Gasteiger partial charge in [0.2, 0.25) is 0 Å². The second-order valence-corrected chi connectivity index (χ2v) is 22.5. The maximum atomic E-state index is 12.4. The maximum Gasteiger partial charge on any atom is 0.306 e. The van der Waals surface area contributed by atoms with Gasteiger partial charge in [0, 0.05) is 12.8 Å². The van der Waals surface area contributed by atoms with Gasteiger partial charge in [-0.3, -0.25) is 9.59 Å². The van der Waals surface area contributed by atoms with Crippen molar-refractivity contribution in [3.05, 3.63) is 97.2 Å². The summed E-state index contributed by atoms with van der Waals surface area (Å²) >= 11 is 0. The van der Waals surface area contributed by atoms with Crippen molar-refractivity contribution >= 4 is 11.9 Å². The van der Waals surface area contributed by atoms with E-state index in [1.807, 2.05) is 0 Å². The predicted octanol–water partition coefficient (Wildman–Crippen LogP) is 23.4. The number of hydrogen-bond donors (Lipinski definition) is 1. The summed E-state index contributed by atoms with van der Waals surface area (Å²) in [7, 11) is 0. The Balaban J connectivity index is 3.45. The third-order valence-electron chi connectivity index (χ3n) is 14.9. The lowest BCUT2D eigenvalue weighted by Crippen LogP contribution is -2.28. The van der Waals surface area contributed by atoms with Crippen LogP contribution in [0.2, 0.25) is 0 Å². The Morgan fingerprint density at radius 1 is 0.308 bits per heavy atom. The molecule has 1 unspecified atom stereocenters. The Hall–Kier alpha value is -3.18. The topological polar surface area (TPSA) is 72.8 Å². The quantitative estimate of drug-likeness (QED) is 0.0373. The van der Waals surface area contributed by atoms with Crippen LogP contribution < -0.4 is 0 Å². The Morgan fingerprint density at radius 3 is 0.833 bits per heavy atom. The van der Waals surface area contributed by atoms with Crippen LogP contribution in [-0.2, 0) is 19.1 Å². The molecule has 0 fully saturated rings. The number of esters is 2. The maximum absolute atomic E-state index is 12.4. The first kappa shape index (κ1) is 74.8. The Kier molecular flexibility index (Phi) is 65.3.